The normalized spacial score (nSPS) is 13.4. The summed E-state index contributed by atoms with van der Waals surface area (Å²) in [7, 11) is -3.31. The molecule has 1 rings (SSSR count). The van der Waals surface area contributed by atoms with Crippen molar-refractivity contribution in [3.05, 3.63) is 35.4 Å². The topological polar surface area (TPSA) is 71.4 Å². The average Bonchev–Trinajstić information content (AvgIpc) is 2.13. The molecule has 1 unspecified atom stereocenters. The number of carbonyl (C=O) groups is 1. The largest absolute Gasteiger partial charge is 0.481 e. The predicted molar refractivity (Wildman–Crippen MR) is 61.3 cm³/mol. The van der Waals surface area contributed by atoms with E-state index in [2.05, 4.69) is 0 Å². The van der Waals surface area contributed by atoms with Crippen molar-refractivity contribution in [2.45, 2.75) is 12.8 Å². The second kappa shape index (κ2) is 4.65. The summed E-state index contributed by atoms with van der Waals surface area (Å²) in [5.41, 5.74) is 1.35. The van der Waals surface area contributed by atoms with E-state index in [-0.39, 0.29) is 5.75 Å². The molecule has 0 heterocycles. The Balaban J connectivity index is 3.14. The van der Waals surface area contributed by atoms with Gasteiger partial charge >= 0.3 is 5.97 Å². The molecule has 88 valence electrons. The van der Waals surface area contributed by atoms with Crippen LogP contribution in [0.4, 0.5) is 0 Å². The minimum absolute atomic E-state index is 0.368. The lowest BCUT2D eigenvalue weighted by Crippen LogP contribution is -2.21. The van der Waals surface area contributed by atoms with Crippen LogP contribution in [0.5, 0.6) is 0 Å². The number of carboxylic acids is 1. The van der Waals surface area contributed by atoms with Gasteiger partial charge in [-0.05, 0) is 18.1 Å². The Morgan fingerprint density at radius 3 is 2.38 bits per heavy atom. The standard InChI is InChI=1S/C11H14O4S/c1-8-5-3-4-6-9(8)10(11(12)13)7-16(2,14)15/h3-6,10H,7H2,1-2H3,(H,12,13). The smallest absolute Gasteiger partial charge is 0.312 e. The minimum Gasteiger partial charge on any atom is -0.481 e. The Kier molecular flexibility index (Phi) is 3.70. The van der Waals surface area contributed by atoms with Crippen LogP contribution < -0.4 is 0 Å². The van der Waals surface area contributed by atoms with Crippen molar-refractivity contribution in [1.82, 2.24) is 0 Å². The van der Waals surface area contributed by atoms with Gasteiger partial charge in [0.1, 0.15) is 9.84 Å². The minimum atomic E-state index is -3.31. The lowest BCUT2D eigenvalue weighted by atomic mass is 9.97. The Morgan fingerprint density at radius 2 is 1.94 bits per heavy atom. The van der Waals surface area contributed by atoms with Crippen molar-refractivity contribution in [1.29, 1.82) is 0 Å². The lowest BCUT2D eigenvalue weighted by Gasteiger charge is -2.13. The zero-order valence-electron chi connectivity index (χ0n) is 9.17. The second-order valence-electron chi connectivity index (χ2n) is 3.84. The highest BCUT2D eigenvalue weighted by Gasteiger charge is 2.25. The van der Waals surface area contributed by atoms with Gasteiger partial charge in [-0.15, -0.1) is 0 Å². The Labute approximate surface area is 94.8 Å². The van der Waals surface area contributed by atoms with Crippen LogP contribution in [0, 0.1) is 6.92 Å². The zero-order valence-corrected chi connectivity index (χ0v) is 9.99. The van der Waals surface area contributed by atoms with Gasteiger partial charge in [-0.25, -0.2) is 8.42 Å². The van der Waals surface area contributed by atoms with Gasteiger partial charge in [0.25, 0.3) is 0 Å². The maximum atomic E-state index is 11.2. The molecule has 0 aliphatic carbocycles. The molecule has 4 nitrogen and oxygen atoms in total. The highest BCUT2D eigenvalue weighted by molar-refractivity contribution is 7.90. The van der Waals surface area contributed by atoms with E-state index in [4.69, 9.17) is 5.11 Å². The first-order valence-corrected chi connectivity index (χ1v) is 6.83. The predicted octanol–water partition coefficient (Wildman–Crippen LogP) is 1.21. The highest BCUT2D eigenvalue weighted by Crippen LogP contribution is 2.21. The highest BCUT2D eigenvalue weighted by atomic mass is 32.2. The monoisotopic (exact) mass is 242 g/mol. The van der Waals surface area contributed by atoms with Crippen LogP contribution in [0.2, 0.25) is 0 Å². The van der Waals surface area contributed by atoms with Crippen molar-refractivity contribution >= 4 is 15.8 Å². The number of aliphatic carboxylic acids is 1. The molecule has 0 saturated carbocycles. The number of hydrogen-bond acceptors (Lipinski definition) is 3. The van der Waals surface area contributed by atoms with Gasteiger partial charge in [0.2, 0.25) is 0 Å². The van der Waals surface area contributed by atoms with Gasteiger partial charge in [0, 0.05) is 6.26 Å². The van der Waals surface area contributed by atoms with Gasteiger partial charge in [-0.3, -0.25) is 4.79 Å². The fourth-order valence-corrected chi connectivity index (χ4v) is 2.50. The first-order valence-electron chi connectivity index (χ1n) is 4.77. The molecule has 0 aliphatic heterocycles. The summed E-state index contributed by atoms with van der Waals surface area (Å²) >= 11 is 0. The van der Waals surface area contributed by atoms with Crippen molar-refractivity contribution in [2.75, 3.05) is 12.0 Å². The third kappa shape index (κ3) is 3.34. The third-order valence-electron chi connectivity index (χ3n) is 2.33. The molecule has 0 fully saturated rings. The molecule has 1 aromatic rings. The molecule has 5 heteroatoms. The quantitative estimate of drug-likeness (QED) is 0.861. The van der Waals surface area contributed by atoms with E-state index in [1.165, 1.54) is 0 Å². The van der Waals surface area contributed by atoms with Crippen LogP contribution in [-0.2, 0) is 14.6 Å². The van der Waals surface area contributed by atoms with E-state index < -0.39 is 21.7 Å². The average molecular weight is 242 g/mol. The van der Waals surface area contributed by atoms with E-state index in [0.29, 0.717) is 5.56 Å². The van der Waals surface area contributed by atoms with E-state index in [1.807, 2.05) is 0 Å². The first-order chi connectivity index (χ1) is 7.31. The summed E-state index contributed by atoms with van der Waals surface area (Å²) in [6, 6.07) is 6.92. The molecular weight excluding hydrogens is 228 g/mol. The molecule has 0 bridgehead atoms. The van der Waals surface area contributed by atoms with Crippen molar-refractivity contribution in [3.8, 4) is 0 Å². The van der Waals surface area contributed by atoms with Gasteiger partial charge < -0.3 is 5.11 Å². The summed E-state index contributed by atoms with van der Waals surface area (Å²) < 4.78 is 22.3. The van der Waals surface area contributed by atoms with Crippen LogP contribution in [-0.4, -0.2) is 31.5 Å². The summed E-state index contributed by atoms with van der Waals surface area (Å²) in [6.45, 7) is 1.77. The summed E-state index contributed by atoms with van der Waals surface area (Å²) in [5, 5.41) is 9.05. The van der Waals surface area contributed by atoms with E-state index in [0.717, 1.165) is 11.8 Å². The number of rotatable bonds is 4. The third-order valence-corrected chi connectivity index (χ3v) is 3.27. The molecule has 0 aromatic heterocycles. The Bertz CT molecular complexity index is 490. The molecular formula is C11H14O4S. The molecule has 0 amide bonds. The fraction of sp³-hybridized carbons (Fsp3) is 0.364. The molecule has 0 aliphatic rings. The maximum Gasteiger partial charge on any atom is 0.312 e. The first kappa shape index (κ1) is 12.7. The van der Waals surface area contributed by atoms with Gasteiger partial charge in [0.15, 0.2) is 0 Å². The van der Waals surface area contributed by atoms with Gasteiger partial charge in [-0.1, -0.05) is 24.3 Å². The van der Waals surface area contributed by atoms with Crippen LogP contribution in [0.25, 0.3) is 0 Å². The van der Waals surface area contributed by atoms with Crippen molar-refractivity contribution < 1.29 is 18.3 Å². The number of aryl methyl sites for hydroxylation is 1. The molecule has 0 spiro atoms. The molecule has 0 saturated heterocycles. The molecule has 16 heavy (non-hydrogen) atoms. The molecule has 1 N–H and O–H groups in total. The van der Waals surface area contributed by atoms with E-state index in [1.54, 1.807) is 31.2 Å². The molecule has 1 aromatic carbocycles. The number of benzene rings is 1. The summed E-state index contributed by atoms with van der Waals surface area (Å²) in [4.78, 5) is 11.1. The molecule has 0 radical (unpaired) electrons. The fourth-order valence-electron chi connectivity index (χ4n) is 1.57. The number of sulfone groups is 1. The van der Waals surface area contributed by atoms with Crippen LogP contribution in [0.1, 0.15) is 17.0 Å². The van der Waals surface area contributed by atoms with Gasteiger partial charge in [-0.2, -0.15) is 0 Å². The SMILES string of the molecule is Cc1ccccc1C(CS(C)(=O)=O)C(=O)O. The van der Waals surface area contributed by atoms with Crippen molar-refractivity contribution in [2.24, 2.45) is 0 Å². The Morgan fingerprint density at radius 1 is 1.38 bits per heavy atom. The van der Waals surface area contributed by atoms with Crippen molar-refractivity contribution in [3.63, 3.8) is 0 Å². The van der Waals surface area contributed by atoms with Crippen LogP contribution in [0.15, 0.2) is 24.3 Å². The van der Waals surface area contributed by atoms with Crippen LogP contribution in [0.3, 0.4) is 0 Å². The molecule has 1 atom stereocenters. The lowest BCUT2D eigenvalue weighted by molar-refractivity contribution is -0.138. The second-order valence-corrected chi connectivity index (χ2v) is 6.02. The van der Waals surface area contributed by atoms with E-state index >= 15 is 0 Å². The number of carboxylic acid groups (broad SMARTS) is 1. The maximum absolute atomic E-state index is 11.2. The number of hydrogen-bond donors (Lipinski definition) is 1. The van der Waals surface area contributed by atoms with E-state index in [9.17, 15) is 13.2 Å². The van der Waals surface area contributed by atoms with Crippen LogP contribution >= 0.6 is 0 Å². The summed E-state index contributed by atoms with van der Waals surface area (Å²) in [6.07, 6.45) is 1.04. The van der Waals surface area contributed by atoms with Gasteiger partial charge in [0.05, 0.1) is 11.7 Å². The zero-order chi connectivity index (χ0) is 12.3. The Hall–Kier alpha value is -1.36. The summed E-state index contributed by atoms with van der Waals surface area (Å²) in [5.74, 6) is -2.47.